The van der Waals surface area contributed by atoms with Crippen molar-refractivity contribution in [1.29, 1.82) is 0 Å². The number of benzene rings is 1. The van der Waals surface area contributed by atoms with Gasteiger partial charge in [-0.3, -0.25) is 9.36 Å². The van der Waals surface area contributed by atoms with Crippen molar-refractivity contribution in [2.75, 3.05) is 25.1 Å². The van der Waals surface area contributed by atoms with E-state index in [4.69, 9.17) is 14.7 Å². The minimum absolute atomic E-state index is 0.0770. The van der Waals surface area contributed by atoms with Crippen LogP contribution in [0.5, 0.6) is 5.75 Å². The van der Waals surface area contributed by atoms with Crippen molar-refractivity contribution in [3.8, 4) is 11.7 Å². The molecule has 186 valence electrons. The summed E-state index contributed by atoms with van der Waals surface area (Å²) in [7, 11) is 1.65. The number of hydrogen-bond acceptors (Lipinski definition) is 6. The Morgan fingerprint density at radius 3 is 2.86 bits per heavy atom. The quantitative estimate of drug-likeness (QED) is 0.432. The van der Waals surface area contributed by atoms with E-state index in [0.717, 1.165) is 71.5 Å². The third kappa shape index (κ3) is 6.01. The maximum absolute atomic E-state index is 12.9. The average Bonchev–Trinajstić information content (AvgIpc) is 3.39. The van der Waals surface area contributed by atoms with Crippen molar-refractivity contribution in [1.82, 2.24) is 24.8 Å². The van der Waals surface area contributed by atoms with Crippen molar-refractivity contribution in [2.45, 2.75) is 58.4 Å². The predicted octanol–water partition coefficient (Wildman–Crippen LogP) is 4.41. The highest BCUT2D eigenvalue weighted by Crippen LogP contribution is 2.30. The number of rotatable bonds is 9. The van der Waals surface area contributed by atoms with Crippen LogP contribution in [0.15, 0.2) is 41.4 Å². The smallest absolute Gasteiger partial charge is 0.237 e. The number of halogens is 1. The van der Waals surface area contributed by atoms with Gasteiger partial charge < -0.3 is 15.0 Å². The summed E-state index contributed by atoms with van der Waals surface area (Å²) in [4.78, 5) is 29.0. The van der Waals surface area contributed by atoms with E-state index in [2.05, 4.69) is 38.1 Å². The standard InChI is InChI=1S/C26H33BrN6O2/c1-4-21-18(2)30-26(32-14-12-28-17-32)31-25(21)33-13-6-5-7-20(33)16-24(34)29-11-10-19-8-9-23(35-3)22(27)15-19/h8-9,12,14-15,17,20H,4-7,10-11,13,16H2,1-3H3,(H,29,34). The van der Waals surface area contributed by atoms with Crippen LogP contribution in [-0.2, 0) is 17.6 Å². The molecule has 1 fully saturated rings. The van der Waals surface area contributed by atoms with Gasteiger partial charge in [0.2, 0.25) is 11.9 Å². The number of methoxy groups -OCH3 is 1. The predicted molar refractivity (Wildman–Crippen MR) is 140 cm³/mol. The second-order valence-electron chi connectivity index (χ2n) is 8.85. The number of nitrogens with one attached hydrogen (secondary N) is 1. The summed E-state index contributed by atoms with van der Waals surface area (Å²) >= 11 is 3.52. The Kier molecular flexibility index (Phi) is 8.38. The van der Waals surface area contributed by atoms with Crippen LogP contribution in [0.25, 0.3) is 5.95 Å². The molecule has 0 saturated carbocycles. The number of nitrogens with zero attached hydrogens (tertiary/aromatic N) is 5. The molecule has 8 nitrogen and oxygen atoms in total. The van der Waals surface area contributed by atoms with Crippen LogP contribution in [-0.4, -0.2) is 51.7 Å². The highest BCUT2D eigenvalue weighted by atomic mass is 79.9. The van der Waals surface area contributed by atoms with Crippen molar-refractivity contribution in [3.63, 3.8) is 0 Å². The molecule has 35 heavy (non-hydrogen) atoms. The van der Waals surface area contributed by atoms with Crippen molar-refractivity contribution in [3.05, 3.63) is 58.2 Å². The highest BCUT2D eigenvalue weighted by molar-refractivity contribution is 9.10. The molecular weight excluding hydrogens is 508 g/mol. The largest absolute Gasteiger partial charge is 0.496 e. The number of hydrogen-bond donors (Lipinski definition) is 1. The van der Waals surface area contributed by atoms with Crippen LogP contribution in [0.1, 0.15) is 49.4 Å². The van der Waals surface area contributed by atoms with Gasteiger partial charge in [0.1, 0.15) is 17.9 Å². The minimum atomic E-state index is 0.0770. The molecule has 0 spiro atoms. The summed E-state index contributed by atoms with van der Waals surface area (Å²) in [5.74, 6) is 2.45. The van der Waals surface area contributed by atoms with Gasteiger partial charge in [-0.1, -0.05) is 13.0 Å². The molecule has 1 aromatic carbocycles. The number of ether oxygens (including phenoxy) is 1. The summed E-state index contributed by atoms with van der Waals surface area (Å²) in [6.07, 6.45) is 10.6. The van der Waals surface area contributed by atoms with E-state index in [1.54, 1.807) is 19.6 Å². The number of imidazole rings is 1. The average molecular weight is 541 g/mol. The van der Waals surface area contributed by atoms with Crippen LogP contribution in [0.3, 0.4) is 0 Å². The van der Waals surface area contributed by atoms with Gasteiger partial charge in [0.15, 0.2) is 0 Å². The molecule has 1 N–H and O–H groups in total. The third-order valence-corrected chi connectivity index (χ3v) is 7.16. The summed E-state index contributed by atoms with van der Waals surface area (Å²) in [6, 6.07) is 6.12. The molecule has 1 amide bonds. The Hall–Kier alpha value is -2.94. The first-order valence-corrected chi connectivity index (χ1v) is 13.0. The maximum Gasteiger partial charge on any atom is 0.237 e. The fraction of sp³-hybridized carbons (Fsp3) is 0.462. The van der Waals surface area contributed by atoms with Gasteiger partial charge in [-0.2, -0.15) is 4.98 Å². The molecule has 2 aromatic heterocycles. The Morgan fingerprint density at radius 1 is 1.29 bits per heavy atom. The van der Waals surface area contributed by atoms with Crippen LogP contribution in [0.4, 0.5) is 5.82 Å². The topological polar surface area (TPSA) is 85.2 Å². The first kappa shape index (κ1) is 25.2. The van der Waals surface area contributed by atoms with E-state index in [1.165, 1.54) is 0 Å². The first-order valence-electron chi connectivity index (χ1n) is 12.2. The van der Waals surface area contributed by atoms with Crippen LogP contribution < -0.4 is 15.0 Å². The molecule has 3 aromatic rings. The summed E-state index contributed by atoms with van der Waals surface area (Å²) < 4.78 is 8.04. The molecule has 4 rings (SSSR count). The van der Waals surface area contributed by atoms with Crippen LogP contribution >= 0.6 is 15.9 Å². The van der Waals surface area contributed by atoms with Crippen molar-refractivity contribution in [2.24, 2.45) is 0 Å². The van der Waals surface area contributed by atoms with Crippen LogP contribution in [0.2, 0.25) is 0 Å². The lowest BCUT2D eigenvalue weighted by molar-refractivity contribution is -0.121. The van der Waals surface area contributed by atoms with Gasteiger partial charge in [0.25, 0.3) is 0 Å². The molecule has 1 aliphatic rings. The number of carbonyl (C=O) groups is 1. The molecular formula is C26H33BrN6O2. The van der Waals surface area contributed by atoms with E-state index >= 15 is 0 Å². The normalized spacial score (nSPS) is 15.8. The lowest BCUT2D eigenvalue weighted by Gasteiger charge is -2.37. The minimum Gasteiger partial charge on any atom is -0.496 e. The van der Waals surface area contributed by atoms with E-state index in [9.17, 15) is 4.79 Å². The van der Waals surface area contributed by atoms with Crippen LogP contribution in [0, 0.1) is 6.92 Å². The number of anilines is 1. The lowest BCUT2D eigenvalue weighted by Crippen LogP contribution is -2.44. The lowest BCUT2D eigenvalue weighted by atomic mass is 9.97. The van der Waals surface area contributed by atoms with Gasteiger partial charge in [0, 0.05) is 49.2 Å². The zero-order chi connectivity index (χ0) is 24.8. The molecule has 1 atom stereocenters. The van der Waals surface area contributed by atoms with E-state index < -0.39 is 0 Å². The monoisotopic (exact) mass is 540 g/mol. The zero-order valence-electron chi connectivity index (χ0n) is 20.6. The van der Waals surface area contributed by atoms with E-state index in [0.29, 0.717) is 18.9 Å². The Bertz CT molecular complexity index is 1150. The fourth-order valence-corrected chi connectivity index (χ4v) is 5.29. The second kappa shape index (κ2) is 11.7. The number of amides is 1. The van der Waals surface area contributed by atoms with Gasteiger partial charge in [0.05, 0.1) is 11.6 Å². The summed E-state index contributed by atoms with van der Waals surface area (Å²) in [5, 5.41) is 3.11. The van der Waals surface area contributed by atoms with Gasteiger partial charge in [-0.15, -0.1) is 0 Å². The van der Waals surface area contributed by atoms with Crippen molar-refractivity contribution < 1.29 is 9.53 Å². The van der Waals surface area contributed by atoms with Gasteiger partial charge in [-0.25, -0.2) is 9.97 Å². The fourth-order valence-electron chi connectivity index (χ4n) is 4.70. The Balaban J connectivity index is 1.44. The molecule has 9 heteroatoms. The molecule has 1 unspecified atom stereocenters. The van der Waals surface area contributed by atoms with E-state index in [1.807, 2.05) is 35.9 Å². The Labute approximate surface area is 215 Å². The van der Waals surface area contributed by atoms with Gasteiger partial charge >= 0.3 is 0 Å². The number of aromatic nitrogens is 4. The number of piperidine rings is 1. The Morgan fingerprint density at radius 2 is 2.14 bits per heavy atom. The SMILES string of the molecule is CCc1c(C)nc(-n2ccnc2)nc1N1CCCCC1CC(=O)NCCc1ccc(OC)c(Br)c1. The van der Waals surface area contributed by atoms with Crippen molar-refractivity contribution >= 4 is 27.7 Å². The number of carbonyl (C=O) groups excluding carboxylic acids is 1. The molecule has 1 aliphatic heterocycles. The second-order valence-corrected chi connectivity index (χ2v) is 9.70. The summed E-state index contributed by atoms with van der Waals surface area (Å²) in [6.45, 7) is 5.66. The molecule has 1 saturated heterocycles. The third-order valence-electron chi connectivity index (χ3n) is 6.54. The molecule has 0 radical (unpaired) electrons. The first-order chi connectivity index (χ1) is 17.0. The highest BCUT2D eigenvalue weighted by Gasteiger charge is 2.28. The molecule has 0 aliphatic carbocycles. The van der Waals surface area contributed by atoms with Gasteiger partial charge in [-0.05, 0) is 72.7 Å². The molecule has 0 bridgehead atoms. The van der Waals surface area contributed by atoms with E-state index in [-0.39, 0.29) is 11.9 Å². The maximum atomic E-state index is 12.9. The molecule has 3 heterocycles. The summed E-state index contributed by atoms with van der Waals surface area (Å²) in [5.41, 5.74) is 3.26. The number of aryl methyl sites for hydroxylation is 1. The zero-order valence-corrected chi connectivity index (χ0v) is 22.2.